The average molecular weight is 443 g/mol. The molecule has 0 aliphatic rings. The number of carbonyl (C=O) groups is 1. The maximum atomic E-state index is 12.5. The maximum Gasteiger partial charge on any atom is 0.235 e. The van der Waals surface area contributed by atoms with Gasteiger partial charge in [0.25, 0.3) is 0 Å². The van der Waals surface area contributed by atoms with Crippen molar-refractivity contribution in [2.75, 3.05) is 11.1 Å². The summed E-state index contributed by atoms with van der Waals surface area (Å²) in [6.45, 7) is 6.07. The van der Waals surface area contributed by atoms with Crippen molar-refractivity contribution in [2.45, 2.75) is 25.7 Å². The fourth-order valence-corrected chi connectivity index (χ4v) is 4.69. The molecule has 148 valence electrons. The van der Waals surface area contributed by atoms with Crippen LogP contribution in [0.15, 0.2) is 47.4 Å². The highest BCUT2D eigenvalue weighted by molar-refractivity contribution is 8.00. The number of anilines is 1. The second-order valence-electron chi connectivity index (χ2n) is 6.77. The Labute approximate surface area is 182 Å². The van der Waals surface area contributed by atoms with Crippen LogP contribution in [0.25, 0.3) is 15.3 Å². The number of hydrogen-bond acceptors (Lipinski definition) is 5. The van der Waals surface area contributed by atoms with Crippen molar-refractivity contribution in [1.29, 1.82) is 0 Å². The summed E-state index contributed by atoms with van der Waals surface area (Å²) >= 11 is 8.92. The van der Waals surface area contributed by atoms with Crippen LogP contribution >= 0.6 is 34.7 Å². The molecule has 0 fully saturated rings. The van der Waals surface area contributed by atoms with Crippen LogP contribution < -0.4 is 5.32 Å². The largest absolute Gasteiger partial charge is 0.310 e. The van der Waals surface area contributed by atoms with E-state index in [0.717, 1.165) is 25.9 Å². The molecule has 0 saturated carbocycles. The molecule has 29 heavy (non-hydrogen) atoms. The number of benzene rings is 2. The predicted molar refractivity (Wildman–Crippen MR) is 122 cm³/mol. The average Bonchev–Trinajstić information content (AvgIpc) is 3.24. The Bertz CT molecular complexity index is 1160. The summed E-state index contributed by atoms with van der Waals surface area (Å²) in [4.78, 5) is 18.2. The van der Waals surface area contributed by atoms with Crippen LogP contribution in [0.5, 0.6) is 0 Å². The minimum Gasteiger partial charge on any atom is -0.310 e. The SMILES string of the molecule is Cc1cc(NC(=O)CSc2ccc(Cl)cc2)n(-c2nc3cc(C)c(C)cc3s2)n1. The van der Waals surface area contributed by atoms with Gasteiger partial charge in [-0.05, 0) is 68.3 Å². The molecule has 0 spiro atoms. The Morgan fingerprint density at radius 1 is 1.14 bits per heavy atom. The molecule has 0 radical (unpaired) electrons. The van der Waals surface area contributed by atoms with Gasteiger partial charge in [-0.25, -0.2) is 4.98 Å². The lowest BCUT2D eigenvalue weighted by Gasteiger charge is -2.06. The molecule has 4 rings (SSSR count). The second-order valence-corrected chi connectivity index (χ2v) is 9.27. The highest BCUT2D eigenvalue weighted by atomic mass is 35.5. The van der Waals surface area contributed by atoms with Crippen LogP contribution in [0.2, 0.25) is 5.02 Å². The molecule has 2 aromatic heterocycles. The highest BCUT2D eigenvalue weighted by Gasteiger charge is 2.15. The minimum absolute atomic E-state index is 0.0982. The topological polar surface area (TPSA) is 59.8 Å². The van der Waals surface area contributed by atoms with Gasteiger partial charge in [0.15, 0.2) is 0 Å². The van der Waals surface area contributed by atoms with E-state index in [1.807, 2.05) is 37.3 Å². The zero-order valence-electron chi connectivity index (χ0n) is 16.2. The van der Waals surface area contributed by atoms with Crippen molar-refractivity contribution in [3.8, 4) is 5.13 Å². The van der Waals surface area contributed by atoms with E-state index in [9.17, 15) is 4.79 Å². The number of carbonyl (C=O) groups excluding carboxylic acids is 1. The molecule has 8 heteroatoms. The fraction of sp³-hybridized carbons (Fsp3) is 0.190. The van der Waals surface area contributed by atoms with E-state index in [0.29, 0.717) is 16.6 Å². The normalized spacial score (nSPS) is 11.2. The summed E-state index contributed by atoms with van der Waals surface area (Å²) in [5.41, 5.74) is 4.20. The number of nitrogens with one attached hydrogen (secondary N) is 1. The van der Waals surface area contributed by atoms with Crippen molar-refractivity contribution in [2.24, 2.45) is 0 Å². The van der Waals surface area contributed by atoms with Crippen LogP contribution in [0.3, 0.4) is 0 Å². The van der Waals surface area contributed by atoms with Gasteiger partial charge < -0.3 is 5.32 Å². The highest BCUT2D eigenvalue weighted by Crippen LogP contribution is 2.29. The molecule has 0 aliphatic carbocycles. The molecular weight excluding hydrogens is 424 g/mol. The van der Waals surface area contributed by atoms with Gasteiger partial charge >= 0.3 is 0 Å². The number of thiazole rings is 1. The van der Waals surface area contributed by atoms with Crippen molar-refractivity contribution in [3.63, 3.8) is 0 Å². The molecule has 5 nitrogen and oxygen atoms in total. The van der Waals surface area contributed by atoms with E-state index in [2.05, 4.69) is 36.4 Å². The first-order valence-corrected chi connectivity index (χ1v) is 11.2. The van der Waals surface area contributed by atoms with E-state index in [-0.39, 0.29) is 5.91 Å². The monoisotopic (exact) mass is 442 g/mol. The molecular formula is C21H19ClN4OS2. The maximum absolute atomic E-state index is 12.5. The summed E-state index contributed by atoms with van der Waals surface area (Å²) in [5.74, 6) is 0.819. The van der Waals surface area contributed by atoms with E-state index in [4.69, 9.17) is 16.6 Å². The van der Waals surface area contributed by atoms with Gasteiger partial charge in [0.05, 0.1) is 21.7 Å². The molecule has 4 aromatic rings. The zero-order chi connectivity index (χ0) is 20.5. The molecule has 2 aromatic carbocycles. The van der Waals surface area contributed by atoms with Gasteiger partial charge in [-0.2, -0.15) is 9.78 Å². The van der Waals surface area contributed by atoms with Crippen LogP contribution in [0, 0.1) is 20.8 Å². The number of thioether (sulfide) groups is 1. The smallest absolute Gasteiger partial charge is 0.235 e. The van der Waals surface area contributed by atoms with Gasteiger partial charge in [-0.15, -0.1) is 11.8 Å². The first-order chi connectivity index (χ1) is 13.9. The van der Waals surface area contributed by atoms with Gasteiger partial charge in [-0.1, -0.05) is 22.9 Å². The Balaban J connectivity index is 1.53. The van der Waals surface area contributed by atoms with Gasteiger partial charge in [0.2, 0.25) is 11.0 Å². The summed E-state index contributed by atoms with van der Waals surface area (Å²) in [5, 5.41) is 8.91. The Morgan fingerprint density at radius 3 is 2.62 bits per heavy atom. The number of nitrogens with zero attached hydrogens (tertiary/aromatic N) is 3. The minimum atomic E-state index is -0.0982. The van der Waals surface area contributed by atoms with Crippen molar-refractivity contribution in [1.82, 2.24) is 14.8 Å². The lowest BCUT2D eigenvalue weighted by molar-refractivity contribution is -0.113. The molecule has 0 atom stereocenters. The van der Waals surface area contributed by atoms with E-state index in [1.54, 1.807) is 16.0 Å². The number of fused-ring (bicyclic) bond motifs is 1. The third kappa shape index (κ3) is 4.47. The second kappa shape index (κ2) is 8.18. The number of amides is 1. The van der Waals surface area contributed by atoms with Crippen LogP contribution in [0.1, 0.15) is 16.8 Å². The van der Waals surface area contributed by atoms with E-state index < -0.39 is 0 Å². The van der Waals surface area contributed by atoms with Crippen molar-refractivity contribution in [3.05, 3.63) is 64.3 Å². The predicted octanol–water partition coefficient (Wildman–Crippen LogP) is 5.79. The van der Waals surface area contributed by atoms with Gasteiger partial charge in [0.1, 0.15) is 5.82 Å². The third-order valence-electron chi connectivity index (χ3n) is 4.46. The van der Waals surface area contributed by atoms with Crippen LogP contribution in [-0.2, 0) is 4.79 Å². The first-order valence-electron chi connectivity index (χ1n) is 9.02. The molecule has 0 saturated heterocycles. The Morgan fingerprint density at radius 2 is 1.86 bits per heavy atom. The standard InChI is InChI=1S/C21H19ClN4OS2/c1-12-8-17-18(9-13(12)2)29-21(23-17)26-19(10-14(3)25-26)24-20(27)11-28-16-6-4-15(22)5-7-16/h4-10H,11H2,1-3H3,(H,24,27). The summed E-state index contributed by atoms with van der Waals surface area (Å²) < 4.78 is 2.81. The number of halogens is 1. The third-order valence-corrected chi connectivity index (χ3v) is 6.71. The number of aromatic nitrogens is 3. The molecule has 1 amide bonds. The molecule has 0 bridgehead atoms. The molecule has 0 aliphatic heterocycles. The van der Waals surface area contributed by atoms with Crippen LogP contribution in [0.4, 0.5) is 5.82 Å². The summed E-state index contributed by atoms with van der Waals surface area (Å²) in [6.07, 6.45) is 0. The lowest BCUT2D eigenvalue weighted by atomic mass is 10.1. The summed E-state index contributed by atoms with van der Waals surface area (Å²) in [7, 11) is 0. The van der Waals surface area contributed by atoms with Gasteiger partial charge in [0, 0.05) is 16.0 Å². The number of aryl methyl sites for hydroxylation is 3. The quantitative estimate of drug-likeness (QED) is 0.397. The van der Waals surface area contributed by atoms with Crippen LogP contribution in [-0.4, -0.2) is 26.4 Å². The zero-order valence-corrected chi connectivity index (χ0v) is 18.6. The van der Waals surface area contributed by atoms with E-state index in [1.165, 1.54) is 22.9 Å². The molecule has 1 N–H and O–H groups in total. The van der Waals surface area contributed by atoms with Gasteiger partial charge in [-0.3, -0.25) is 4.79 Å². The Hall–Kier alpha value is -2.35. The fourth-order valence-electron chi connectivity index (χ4n) is 2.85. The molecule has 0 unspecified atom stereocenters. The summed E-state index contributed by atoms with van der Waals surface area (Å²) in [6, 6.07) is 13.5. The number of hydrogen-bond donors (Lipinski definition) is 1. The molecule has 2 heterocycles. The van der Waals surface area contributed by atoms with E-state index >= 15 is 0 Å². The Kier molecular flexibility index (Phi) is 5.63. The van der Waals surface area contributed by atoms with Crippen molar-refractivity contribution < 1.29 is 4.79 Å². The number of rotatable bonds is 5. The lowest BCUT2D eigenvalue weighted by Crippen LogP contribution is -2.16. The van der Waals surface area contributed by atoms with Crippen molar-refractivity contribution >= 4 is 56.6 Å². The first kappa shape index (κ1) is 19.9.